The molecule has 0 saturated heterocycles. The molecule has 0 atom stereocenters. The minimum Gasteiger partial charge on any atom is -0.507 e. The molecule has 3 aromatic rings. The topological polar surface area (TPSA) is 66.2 Å². The van der Waals surface area contributed by atoms with Crippen LogP contribution < -0.4 is 0 Å². The molecule has 23 heavy (non-hydrogen) atoms. The van der Waals surface area contributed by atoms with Gasteiger partial charge in [-0.15, -0.1) is 0 Å². The number of aromatic hydroxyl groups is 1. The van der Waals surface area contributed by atoms with Crippen molar-refractivity contribution in [2.75, 3.05) is 0 Å². The summed E-state index contributed by atoms with van der Waals surface area (Å²) in [5, 5.41) is 20.9. The molecule has 0 radical (unpaired) electrons. The van der Waals surface area contributed by atoms with Crippen molar-refractivity contribution in [1.82, 2.24) is 14.9 Å². The van der Waals surface area contributed by atoms with Crippen LogP contribution >= 0.6 is 12.2 Å². The van der Waals surface area contributed by atoms with Crippen LogP contribution in [0, 0.1) is 10.6 Å². The van der Waals surface area contributed by atoms with Gasteiger partial charge in [0, 0.05) is 12.0 Å². The first-order valence-electron chi connectivity index (χ1n) is 6.86. The summed E-state index contributed by atoms with van der Waals surface area (Å²) < 4.78 is 14.8. The molecule has 2 N–H and O–H groups in total. The number of nitrogens with zero attached hydrogens (tertiary/aromatic N) is 3. The van der Waals surface area contributed by atoms with E-state index < -0.39 is 0 Å². The molecular formula is C16H13FN4OS. The SMILES string of the molecule is Oc1ccccc1/C=N\n1c(Cc2ccc(F)cc2)n[nH]c1=S. The molecule has 5 nitrogen and oxygen atoms in total. The van der Waals surface area contributed by atoms with Gasteiger partial charge in [0.15, 0.2) is 5.82 Å². The Balaban J connectivity index is 1.88. The van der Waals surface area contributed by atoms with Crippen LogP contribution in [0.1, 0.15) is 17.0 Å². The number of halogens is 1. The van der Waals surface area contributed by atoms with Gasteiger partial charge in [0.1, 0.15) is 11.6 Å². The summed E-state index contributed by atoms with van der Waals surface area (Å²) >= 11 is 5.17. The largest absolute Gasteiger partial charge is 0.507 e. The van der Waals surface area contributed by atoms with Gasteiger partial charge >= 0.3 is 0 Å². The molecular weight excluding hydrogens is 315 g/mol. The Morgan fingerprint density at radius 3 is 2.70 bits per heavy atom. The molecule has 0 aliphatic carbocycles. The second-order valence-electron chi connectivity index (χ2n) is 4.86. The van der Waals surface area contributed by atoms with Gasteiger partial charge < -0.3 is 5.11 Å². The fourth-order valence-electron chi connectivity index (χ4n) is 2.06. The molecule has 0 saturated carbocycles. The molecule has 0 unspecified atom stereocenters. The Morgan fingerprint density at radius 2 is 1.96 bits per heavy atom. The van der Waals surface area contributed by atoms with Crippen molar-refractivity contribution in [3.05, 3.63) is 76.1 Å². The van der Waals surface area contributed by atoms with E-state index in [0.717, 1.165) is 5.56 Å². The Morgan fingerprint density at radius 1 is 1.22 bits per heavy atom. The Kier molecular flexibility index (Phi) is 4.29. The number of phenols is 1. The van der Waals surface area contributed by atoms with E-state index in [1.807, 2.05) is 0 Å². The molecule has 3 rings (SSSR count). The highest BCUT2D eigenvalue weighted by atomic mass is 32.1. The Hall–Kier alpha value is -2.80. The van der Waals surface area contributed by atoms with E-state index in [1.54, 1.807) is 36.4 Å². The average molecular weight is 328 g/mol. The molecule has 1 heterocycles. The zero-order valence-corrected chi connectivity index (χ0v) is 12.8. The predicted octanol–water partition coefficient (Wildman–Crippen LogP) is 3.26. The highest BCUT2D eigenvalue weighted by Crippen LogP contribution is 2.14. The number of aromatic amines is 1. The van der Waals surface area contributed by atoms with Crippen LogP contribution in [0.3, 0.4) is 0 Å². The highest BCUT2D eigenvalue weighted by molar-refractivity contribution is 7.71. The number of rotatable bonds is 4. The number of benzene rings is 2. The molecule has 7 heteroatoms. The molecule has 1 aromatic heterocycles. The first-order chi connectivity index (χ1) is 11.1. The first-order valence-corrected chi connectivity index (χ1v) is 7.27. The normalized spacial score (nSPS) is 11.2. The number of nitrogens with one attached hydrogen (secondary N) is 1. The number of para-hydroxylation sites is 1. The molecule has 0 amide bonds. The summed E-state index contributed by atoms with van der Waals surface area (Å²) in [5.41, 5.74) is 1.46. The quantitative estimate of drug-likeness (QED) is 0.571. The van der Waals surface area contributed by atoms with E-state index in [0.29, 0.717) is 22.6 Å². The average Bonchev–Trinajstić information content (AvgIpc) is 2.89. The van der Waals surface area contributed by atoms with Crippen molar-refractivity contribution in [1.29, 1.82) is 0 Å². The van der Waals surface area contributed by atoms with E-state index in [-0.39, 0.29) is 11.6 Å². The van der Waals surface area contributed by atoms with E-state index in [4.69, 9.17) is 12.2 Å². The van der Waals surface area contributed by atoms with Crippen molar-refractivity contribution in [2.24, 2.45) is 5.10 Å². The zero-order chi connectivity index (χ0) is 16.2. The van der Waals surface area contributed by atoms with Crippen LogP contribution in [0.2, 0.25) is 0 Å². The fourth-order valence-corrected chi connectivity index (χ4v) is 2.26. The van der Waals surface area contributed by atoms with Crippen LogP contribution in [0.4, 0.5) is 4.39 Å². The van der Waals surface area contributed by atoms with Gasteiger partial charge in [-0.1, -0.05) is 24.3 Å². The second kappa shape index (κ2) is 6.53. The van der Waals surface area contributed by atoms with E-state index in [1.165, 1.54) is 23.0 Å². The van der Waals surface area contributed by atoms with Crippen LogP contribution in [0.25, 0.3) is 0 Å². The van der Waals surface area contributed by atoms with Crippen molar-refractivity contribution >= 4 is 18.4 Å². The van der Waals surface area contributed by atoms with Crippen LogP contribution in [-0.4, -0.2) is 26.2 Å². The van der Waals surface area contributed by atoms with Crippen LogP contribution in [0.5, 0.6) is 5.75 Å². The lowest BCUT2D eigenvalue weighted by Crippen LogP contribution is -2.00. The lowest BCUT2D eigenvalue weighted by Gasteiger charge is -2.02. The third-order valence-electron chi connectivity index (χ3n) is 3.24. The Bertz CT molecular complexity index is 899. The number of H-pyrrole nitrogens is 1. The number of phenolic OH excluding ortho intramolecular Hbond substituents is 1. The van der Waals surface area contributed by atoms with E-state index in [2.05, 4.69) is 15.3 Å². The molecule has 0 bridgehead atoms. The van der Waals surface area contributed by atoms with Crippen molar-refractivity contribution in [2.45, 2.75) is 6.42 Å². The molecule has 0 spiro atoms. The molecule has 0 aliphatic heterocycles. The summed E-state index contributed by atoms with van der Waals surface area (Å²) in [6.45, 7) is 0. The third kappa shape index (κ3) is 3.51. The number of aromatic nitrogens is 3. The number of hydrogen-bond donors (Lipinski definition) is 2. The fraction of sp³-hybridized carbons (Fsp3) is 0.0625. The van der Waals surface area contributed by atoms with Crippen LogP contribution in [-0.2, 0) is 6.42 Å². The lowest BCUT2D eigenvalue weighted by atomic mass is 10.1. The summed E-state index contributed by atoms with van der Waals surface area (Å²) in [6, 6.07) is 13.0. The smallest absolute Gasteiger partial charge is 0.216 e. The molecule has 0 aliphatic rings. The van der Waals surface area contributed by atoms with Gasteiger partial charge in [-0.3, -0.25) is 5.10 Å². The minimum absolute atomic E-state index is 0.131. The van der Waals surface area contributed by atoms with Gasteiger partial charge in [-0.2, -0.15) is 14.9 Å². The molecule has 0 fully saturated rings. The van der Waals surface area contributed by atoms with Gasteiger partial charge in [0.05, 0.1) is 6.21 Å². The second-order valence-corrected chi connectivity index (χ2v) is 5.25. The first kappa shape index (κ1) is 15.1. The maximum absolute atomic E-state index is 13.0. The maximum Gasteiger partial charge on any atom is 0.216 e. The van der Waals surface area contributed by atoms with Gasteiger partial charge in [-0.05, 0) is 42.0 Å². The maximum atomic E-state index is 13.0. The summed E-state index contributed by atoms with van der Waals surface area (Å²) in [4.78, 5) is 0. The monoisotopic (exact) mass is 328 g/mol. The van der Waals surface area contributed by atoms with Crippen LogP contribution in [0.15, 0.2) is 53.6 Å². The van der Waals surface area contributed by atoms with Crippen molar-refractivity contribution in [3.63, 3.8) is 0 Å². The Labute approximate surface area is 136 Å². The third-order valence-corrected chi connectivity index (χ3v) is 3.51. The molecule has 116 valence electrons. The standard InChI is InChI=1S/C16H13FN4OS/c17-13-7-5-11(6-8-13)9-15-19-20-16(23)21(15)18-10-12-3-1-2-4-14(12)22/h1-8,10,22H,9H2,(H,20,23)/b18-10-. The van der Waals surface area contributed by atoms with E-state index >= 15 is 0 Å². The summed E-state index contributed by atoms with van der Waals surface area (Å²) in [7, 11) is 0. The van der Waals surface area contributed by atoms with Gasteiger partial charge in [0.25, 0.3) is 0 Å². The summed E-state index contributed by atoms with van der Waals surface area (Å²) in [5.74, 6) is 0.435. The summed E-state index contributed by atoms with van der Waals surface area (Å²) in [6.07, 6.45) is 1.96. The van der Waals surface area contributed by atoms with Crippen molar-refractivity contribution in [3.8, 4) is 5.75 Å². The van der Waals surface area contributed by atoms with Gasteiger partial charge in [0.2, 0.25) is 4.77 Å². The minimum atomic E-state index is -0.287. The lowest BCUT2D eigenvalue weighted by molar-refractivity contribution is 0.474. The zero-order valence-electron chi connectivity index (χ0n) is 12.0. The van der Waals surface area contributed by atoms with E-state index in [9.17, 15) is 9.50 Å². The van der Waals surface area contributed by atoms with Gasteiger partial charge in [-0.25, -0.2) is 4.39 Å². The molecule has 2 aromatic carbocycles. The highest BCUT2D eigenvalue weighted by Gasteiger charge is 2.07. The number of hydrogen-bond acceptors (Lipinski definition) is 4. The van der Waals surface area contributed by atoms with Crippen molar-refractivity contribution < 1.29 is 9.50 Å². The predicted molar refractivity (Wildman–Crippen MR) is 87.7 cm³/mol.